The highest BCUT2D eigenvalue weighted by Crippen LogP contribution is 2.28. The van der Waals surface area contributed by atoms with E-state index in [4.69, 9.17) is 5.73 Å². The number of rotatable bonds is 2. The third-order valence-corrected chi connectivity index (χ3v) is 3.54. The zero-order chi connectivity index (χ0) is 14.8. The first-order valence-corrected chi connectivity index (χ1v) is 7.07. The number of aromatic nitrogens is 1. The molecule has 0 saturated heterocycles. The van der Waals surface area contributed by atoms with Crippen molar-refractivity contribution in [3.63, 3.8) is 0 Å². The summed E-state index contributed by atoms with van der Waals surface area (Å²) in [5.74, 6) is 0. The van der Waals surface area contributed by atoms with E-state index in [0.29, 0.717) is 16.9 Å². The Bertz CT molecular complexity index is 868. The second-order valence-electron chi connectivity index (χ2n) is 4.57. The third kappa shape index (κ3) is 2.67. The van der Waals surface area contributed by atoms with E-state index in [0.717, 1.165) is 21.1 Å². The highest BCUT2D eigenvalue weighted by molar-refractivity contribution is 9.10. The molecule has 3 rings (SSSR count). The fourth-order valence-corrected chi connectivity index (χ4v) is 2.49. The second kappa shape index (κ2) is 5.43. The van der Waals surface area contributed by atoms with Gasteiger partial charge in [0.2, 0.25) is 0 Å². The van der Waals surface area contributed by atoms with Crippen LogP contribution in [0, 0.1) is 11.3 Å². The lowest BCUT2D eigenvalue weighted by atomic mass is 10.1. The number of benzene rings is 2. The molecule has 0 bridgehead atoms. The van der Waals surface area contributed by atoms with Crippen LogP contribution in [0.2, 0.25) is 0 Å². The molecular formula is C16H11BrN4. The van der Waals surface area contributed by atoms with E-state index in [1.807, 2.05) is 24.3 Å². The van der Waals surface area contributed by atoms with E-state index < -0.39 is 0 Å². The largest absolute Gasteiger partial charge is 0.399 e. The molecule has 2 aromatic carbocycles. The van der Waals surface area contributed by atoms with Crippen molar-refractivity contribution in [2.24, 2.45) is 0 Å². The molecule has 21 heavy (non-hydrogen) atoms. The van der Waals surface area contributed by atoms with Crippen LogP contribution in [0.15, 0.2) is 53.1 Å². The number of nitrogens with zero attached hydrogens (tertiary/aromatic N) is 2. The number of para-hydroxylation sites is 1. The van der Waals surface area contributed by atoms with Crippen LogP contribution in [0.4, 0.5) is 17.1 Å². The van der Waals surface area contributed by atoms with Crippen LogP contribution in [0.3, 0.4) is 0 Å². The summed E-state index contributed by atoms with van der Waals surface area (Å²) >= 11 is 3.41. The zero-order valence-corrected chi connectivity index (χ0v) is 12.6. The number of anilines is 3. The smallest absolute Gasteiger partial charge is 0.101 e. The highest BCUT2D eigenvalue weighted by Gasteiger charge is 2.07. The molecule has 3 aromatic rings. The van der Waals surface area contributed by atoms with Crippen molar-refractivity contribution in [1.29, 1.82) is 5.26 Å². The standard InChI is InChI=1S/C16H11BrN4/c17-12-6-10-2-1-3-15(16(10)20-9-12)21-14-5-4-13(19)7-11(14)8-18/h1-7,9,21H,19H2. The van der Waals surface area contributed by atoms with Crippen molar-refractivity contribution < 1.29 is 0 Å². The second-order valence-corrected chi connectivity index (χ2v) is 5.49. The number of nitrogen functional groups attached to an aromatic ring is 1. The Kier molecular flexibility index (Phi) is 3.46. The molecule has 102 valence electrons. The van der Waals surface area contributed by atoms with E-state index >= 15 is 0 Å². The fourth-order valence-electron chi connectivity index (χ4n) is 2.14. The van der Waals surface area contributed by atoms with Gasteiger partial charge in [-0.2, -0.15) is 5.26 Å². The molecule has 0 amide bonds. The summed E-state index contributed by atoms with van der Waals surface area (Å²) in [4.78, 5) is 4.43. The van der Waals surface area contributed by atoms with Gasteiger partial charge in [-0.1, -0.05) is 12.1 Å². The van der Waals surface area contributed by atoms with Crippen molar-refractivity contribution in [2.45, 2.75) is 0 Å². The monoisotopic (exact) mass is 338 g/mol. The van der Waals surface area contributed by atoms with Crippen molar-refractivity contribution in [2.75, 3.05) is 11.1 Å². The van der Waals surface area contributed by atoms with Crippen molar-refractivity contribution in [1.82, 2.24) is 4.98 Å². The first-order valence-electron chi connectivity index (χ1n) is 6.28. The van der Waals surface area contributed by atoms with Crippen LogP contribution in [0.5, 0.6) is 0 Å². The van der Waals surface area contributed by atoms with Crippen LogP contribution in [0.25, 0.3) is 10.9 Å². The molecule has 0 radical (unpaired) electrons. The molecule has 3 N–H and O–H groups in total. The number of pyridine rings is 1. The molecule has 0 spiro atoms. The molecule has 0 atom stereocenters. The van der Waals surface area contributed by atoms with Gasteiger partial charge in [-0.3, -0.25) is 4.98 Å². The number of nitrogens with two attached hydrogens (primary N) is 1. The Morgan fingerprint density at radius 2 is 2.00 bits per heavy atom. The predicted octanol–water partition coefficient (Wildman–Crippen LogP) is 4.19. The number of fused-ring (bicyclic) bond motifs is 1. The molecule has 1 heterocycles. The summed E-state index contributed by atoms with van der Waals surface area (Å²) < 4.78 is 0.928. The van der Waals surface area contributed by atoms with Crippen LogP contribution in [0.1, 0.15) is 5.56 Å². The highest BCUT2D eigenvalue weighted by atomic mass is 79.9. The average molecular weight is 339 g/mol. The first-order chi connectivity index (χ1) is 10.2. The molecule has 0 saturated carbocycles. The van der Waals surface area contributed by atoms with E-state index in [-0.39, 0.29) is 0 Å². The maximum atomic E-state index is 9.20. The molecule has 4 nitrogen and oxygen atoms in total. The SMILES string of the molecule is N#Cc1cc(N)ccc1Nc1cccc2cc(Br)cnc12. The Morgan fingerprint density at radius 3 is 2.81 bits per heavy atom. The Labute approximate surface area is 130 Å². The molecule has 0 fully saturated rings. The summed E-state index contributed by atoms with van der Waals surface area (Å²) in [6.07, 6.45) is 1.75. The van der Waals surface area contributed by atoms with Gasteiger partial charge < -0.3 is 11.1 Å². The number of halogens is 1. The Morgan fingerprint density at radius 1 is 1.14 bits per heavy atom. The van der Waals surface area contributed by atoms with E-state index in [1.165, 1.54) is 0 Å². The predicted molar refractivity (Wildman–Crippen MR) is 88.3 cm³/mol. The first kappa shape index (κ1) is 13.4. The van der Waals surface area contributed by atoms with Gasteiger partial charge in [0, 0.05) is 21.7 Å². The number of hydrogen-bond acceptors (Lipinski definition) is 4. The zero-order valence-electron chi connectivity index (χ0n) is 11.0. The van der Waals surface area contributed by atoms with Gasteiger partial charge in [-0.05, 0) is 46.3 Å². The molecule has 0 aliphatic heterocycles. The molecule has 5 heteroatoms. The van der Waals surface area contributed by atoms with Gasteiger partial charge in [-0.15, -0.1) is 0 Å². The topological polar surface area (TPSA) is 74.7 Å². The Balaban J connectivity index is 2.09. The van der Waals surface area contributed by atoms with Crippen molar-refractivity contribution in [3.05, 3.63) is 58.7 Å². The van der Waals surface area contributed by atoms with Gasteiger partial charge in [0.25, 0.3) is 0 Å². The quantitative estimate of drug-likeness (QED) is 0.687. The minimum absolute atomic E-state index is 0.504. The molecule has 1 aromatic heterocycles. The summed E-state index contributed by atoms with van der Waals surface area (Å²) in [7, 11) is 0. The minimum atomic E-state index is 0.504. The van der Waals surface area contributed by atoms with E-state index in [9.17, 15) is 5.26 Å². The van der Waals surface area contributed by atoms with Crippen LogP contribution in [-0.2, 0) is 0 Å². The summed E-state index contributed by atoms with van der Waals surface area (Å²) in [6.45, 7) is 0. The molecular weight excluding hydrogens is 328 g/mol. The number of nitriles is 1. The van der Waals surface area contributed by atoms with Gasteiger partial charge in [0.15, 0.2) is 0 Å². The number of hydrogen-bond donors (Lipinski definition) is 2. The van der Waals surface area contributed by atoms with Crippen LogP contribution < -0.4 is 11.1 Å². The molecule has 0 aliphatic rings. The summed E-state index contributed by atoms with van der Waals surface area (Å²) in [5, 5.41) is 13.5. The number of nitrogens with one attached hydrogen (secondary N) is 1. The van der Waals surface area contributed by atoms with Gasteiger partial charge in [-0.25, -0.2) is 0 Å². The normalized spacial score (nSPS) is 10.3. The summed E-state index contributed by atoms with van der Waals surface area (Å²) in [5.41, 5.74) is 9.19. The van der Waals surface area contributed by atoms with Crippen LogP contribution >= 0.6 is 15.9 Å². The minimum Gasteiger partial charge on any atom is -0.399 e. The molecule has 0 unspecified atom stereocenters. The lowest BCUT2D eigenvalue weighted by Crippen LogP contribution is -1.97. The maximum absolute atomic E-state index is 9.20. The lowest BCUT2D eigenvalue weighted by Gasteiger charge is -2.11. The molecule has 0 aliphatic carbocycles. The fraction of sp³-hybridized carbons (Fsp3) is 0. The van der Waals surface area contributed by atoms with Crippen molar-refractivity contribution >= 4 is 43.9 Å². The summed E-state index contributed by atoms with van der Waals surface area (Å²) in [6, 6.07) is 15.2. The van der Waals surface area contributed by atoms with E-state index in [1.54, 1.807) is 24.4 Å². The van der Waals surface area contributed by atoms with Gasteiger partial charge >= 0.3 is 0 Å². The van der Waals surface area contributed by atoms with Gasteiger partial charge in [0.05, 0.1) is 22.5 Å². The van der Waals surface area contributed by atoms with E-state index in [2.05, 4.69) is 32.3 Å². The van der Waals surface area contributed by atoms with Gasteiger partial charge in [0.1, 0.15) is 6.07 Å². The average Bonchev–Trinajstić information content (AvgIpc) is 2.49. The lowest BCUT2D eigenvalue weighted by molar-refractivity contribution is 1.38. The van der Waals surface area contributed by atoms with Crippen molar-refractivity contribution in [3.8, 4) is 6.07 Å². The Hall–Kier alpha value is -2.58. The van der Waals surface area contributed by atoms with Crippen LogP contribution in [-0.4, -0.2) is 4.98 Å². The maximum Gasteiger partial charge on any atom is 0.101 e. The third-order valence-electron chi connectivity index (χ3n) is 3.11.